The van der Waals surface area contributed by atoms with Gasteiger partial charge in [-0.05, 0) is 49.4 Å². The van der Waals surface area contributed by atoms with E-state index in [1.165, 1.54) is 6.42 Å². The molecule has 3 rings (SSSR count). The quantitative estimate of drug-likeness (QED) is 0.859. The van der Waals surface area contributed by atoms with Crippen LogP contribution in [0.3, 0.4) is 0 Å². The Bertz CT molecular complexity index is 628. The van der Waals surface area contributed by atoms with Crippen LogP contribution in [0.15, 0.2) is 28.7 Å². The van der Waals surface area contributed by atoms with Crippen LogP contribution in [0, 0.1) is 11.8 Å². The molecule has 2 aromatic rings. The Morgan fingerprint density at radius 2 is 1.78 bits per heavy atom. The van der Waals surface area contributed by atoms with E-state index in [2.05, 4.69) is 35.9 Å². The van der Waals surface area contributed by atoms with Gasteiger partial charge in [0.05, 0.1) is 13.2 Å². The number of hydrogen-bond acceptors (Lipinski definition) is 5. The number of methoxy groups -OCH3 is 1. The fourth-order valence-corrected chi connectivity index (χ4v) is 3.44. The molecule has 1 fully saturated rings. The van der Waals surface area contributed by atoms with Crippen molar-refractivity contribution in [3.63, 3.8) is 0 Å². The molecule has 3 atom stereocenters. The lowest BCUT2D eigenvalue weighted by Crippen LogP contribution is -2.40. The van der Waals surface area contributed by atoms with Crippen LogP contribution in [0.5, 0.6) is 5.75 Å². The van der Waals surface area contributed by atoms with Gasteiger partial charge in [0.2, 0.25) is 11.8 Å². The van der Waals surface area contributed by atoms with Gasteiger partial charge in [-0.15, -0.1) is 10.2 Å². The summed E-state index contributed by atoms with van der Waals surface area (Å²) in [6.07, 6.45) is 1.30. The predicted molar refractivity (Wildman–Crippen MR) is 89.2 cm³/mol. The molecule has 5 nitrogen and oxygen atoms in total. The highest BCUT2D eigenvalue weighted by molar-refractivity contribution is 5.53. The Hall–Kier alpha value is -1.88. The van der Waals surface area contributed by atoms with E-state index in [1.807, 2.05) is 24.3 Å². The molecule has 0 amide bonds. The van der Waals surface area contributed by atoms with Crippen molar-refractivity contribution in [2.75, 3.05) is 20.2 Å². The molecule has 124 valence electrons. The van der Waals surface area contributed by atoms with Gasteiger partial charge in [-0.3, -0.25) is 4.90 Å². The summed E-state index contributed by atoms with van der Waals surface area (Å²) in [6, 6.07) is 7.82. The van der Waals surface area contributed by atoms with Crippen molar-refractivity contribution in [3.8, 4) is 17.2 Å². The van der Waals surface area contributed by atoms with Crippen molar-refractivity contribution in [2.24, 2.45) is 11.8 Å². The smallest absolute Gasteiger partial charge is 0.247 e. The molecule has 5 heteroatoms. The Morgan fingerprint density at radius 1 is 1.13 bits per heavy atom. The highest BCUT2D eigenvalue weighted by atomic mass is 16.5. The Balaban J connectivity index is 1.75. The number of piperidine rings is 1. The number of aromatic nitrogens is 2. The Morgan fingerprint density at radius 3 is 2.39 bits per heavy atom. The molecule has 1 aliphatic rings. The summed E-state index contributed by atoms with van der Waals surface area (Å²) in [7, 11) is 1.65. The zero-order valence-electron chi connectivity index (χ0n) is 14.3. The van der Waals surface area contributed by atoms with Crippen LogP contribution in [-0.4, -0.2) is 35.3 Å². The zero-order valence-corrected chi connectivity index (χ0v) is 14.3. The van der Waals surface area contributed by atoms with E-state index in [-0.39, 0.29) is 6.04 Å². The minimum atomic E-state index is 0.152. The summed E-state index contributed by atoms with van der Waals surface area (Å²) >= 11 is 0. The van der Waals surface area contributed by atoms with Crippen LogP contribution in [0.2, 0.25) is 0 Å². The molecule has 23 heavy (non-hydrogen) atoms. The molecule has 1 saturated heterocycles. The van der Waals surface area contributed by atoms with Gasteiger partial charge < -0.3 is 9.15 Å². The summed E-state index contributed by atoms with van der Waals surface area (Å²) in [5.74, 6) is 3.50. The SMILES string of the molecule is COc1ccc(-c2nnc([C@H](C)N3C[C@H](C)C[C@H](C)C3)o2)cc1. The molecule has 1 aliphatic heterocycles. The van der Waals surface area contributed by atoms with Gasteiger partial charge in [-0.2, -0.15) is 0 Å². The van der Waals surface area contributed by atoms with E-state index in [9.17, 15) is 0 Å². The van der Waals surface area contributed by atoms with Gasteiger partial charge in [0.1, 0.15) is 5.75 Å². The highest BCUT2D eigenvalue weighted by Crippen LogP contribution is 2.30. The number of rotatable bonds is 4. The maximum Gasteiger partial charge on any atom is 0.247 e. The summed E-state index contributed by atoms with van der Waals surface area (Å²) in [5.41, 5.74) is 0.914. The lowest BCUT2D eigenvalue weighted by atomic mass is 9.91. The first kappa shape index (κ1) is 16.0. The van der Waals surface area contributed by atoms with Crippen molar-refractivity contribution >= 4 is 0 Å². The second kappa shape index (κ2) is 6.71. The first-order chi connectivity index (χ1) is 11.1. The fraction of sp³-hybridized carbons (Fsp3) is 0.556. The van der Waals surface area contributed by atoms with Gasteiger partial charge in [-0.1, -0.05) is 13.8 Å². The molecule has 0 saturated carbocycles. The van der Waals surface area contributed by atoms with Crippen LogP contribution >= 0.6 is 0 Å². The van der Waals surface area contributed by atoms with Gasteiger partial charge in [0.25, 0.3) is 0 Å². The average molecular weight is 315 g/mol. The number of ether oxygens (including phenoxy) is 1. The maximum absolute atomic E-state index is 5.92. The predicted octanol–water partition coefficient (Wildman–Crippen LogP) is 3.78. The second-order valence-electron chi connectivity index (χ2n) is 6.75. The van der Waals surface area contributed by atoms with E-state index in [1.54, 1.807) is 7.11 Å². The number of nitrogens with zero attached hydrogens (tertiary/aromatic N) is 3. The normalized spacial score (nSPS) is 23.7. The van der Waals surface area contributed by atoms with E-state index in [0.717, 1.165) is 24.4 Å². The highest BCUT2D eigenvalue weighted by Gasteiger charge is 2.28. The van der Waals surface area contributed by atoms with Crippen molar-refractivity contribution in [2.45, 2.75) is 33.2 Å². The van der Waals surface area contributed by atoms with E-state index >= 15 is 0 Å². The molecule has 0 unspecified atom stereocenters. The van der Waals surface area contributed by atoms with E-state index in [4.69, 9.17) is 9.15 Å². The van der Waals surface area contributed by atoms with Crippen LogP contribution < -0.4 is 4.74 Å². The molecule has 0 N–H and O–H groups in total. The Kier molecular flexibility index (Phi) is 4.66. The van der Waals surface area contributed by atoms with Crippen LogP contribution in [0.25, 0.3) is 11.5 Å². The first-order valence-corrected chi connectivity index (χ1v) is 8.28. The second-order valence-corrected chi connectivity index (χ2v) is 6.75. The summed E-state index contributed by atoms with van der Waals surface area (Å²) in [5, 5.41) is 8.48. The maximum atomic E-state index is 5.92. The molecule has 0 bridgehead atoms. The third-order valence-corrected chi connectivity index (χ3v) is 4.58. The van der Waals surface area contributed by atoms with Crippen molar-refractivity contribution in [1.82, 2.24) is 15.1 Å². The van der Waals surface area contributed by atoms with Gasteiger partial charge in [-0.25, -0.2) is 0 Å². The number of likely N-dealkylation sites (tertiary alicyclic amines) is 1. The van der Waals surface area contributed by atoms with E-state index in [0.29, 0.717) is 23.6 Å². The number of hydrogen-bond donors (Lipinski definition) is 0. The molecule has 1 aromatic carbocycles. The fourth-order valence-electron chi connectivity index (χ4n) is 3.44. The summed E-state index contributed by atoms with van der Waals surface area (Å²) < 4.78 is 11.1. The lowest BCUT2D eigenvalue weighted by molar-refractivity contribution is 0.0903. The van der Waals surface area contributed by atoms with E-state index < -0.39 is 0 Å². The summed E-state index contributed by atoms with van der Waals surface area (Å²) in [6.45, 7) is 8.95. The van der Waals surface area contributed by atoms with Gasteiger partial charge >= 0.3 is 0 Å². The standard InChI is InChI=1S/C18H25N3O2/c1-12-9-13(2)11-21(10-12)14(3)17-19-20-18(23-17)15-5-7-16(22-4)8-6-15/h5-8,12-14H,9-11H2,1-4H3/t12-,13+,14-/m0/s1. The van der Waals surface area contributed by atoms with Crippen LogP contribution in [0.1, 0.15) is 39.1 Å². The topological polar surface area (TPSA) is 51.4 Å². The van der Waals surface area contributed by atoms with Crippen LogP contribution in [-0.2, 0) is 0 Å². The molecule has 0 radical (unpaired) electrons. The van der Waals surface area contributed by atoms with Crippen molar-refractivity contribution in [3.05, 3.63) is 30.2 Å². The average Bonchev–Trinajstić information content (AvgIpc) is 3.03. The lowest BCUT2D eigenvalue weighted by Gasteiger charge is -2.37. The molecule has 0 spiro atoms. The molecule has 0 aliphatic carbocycles. The van der Waals surface area contributed by atoms with Crippen LogP contribution in [0.4, 0.5) is 0 Å². The monoisotopic (exact) mass is 315 g/mol. The van der Waals surface area contributed by atoms with Gasteiger partial charge in [0, 0.05) is 18.7 Å². The third kappa shape index (κ3) is 3.55. The largest absolute Gasteiger partial charge is 0.497 e. The number of benzene rings is 1. The minimum Gasteiger partial charge on any atom is -0.497 e. The summed E-state index contributed by atoms with van der Waals surface area (Å²) in [4.78, 5) is 2.45. The van der Waals surface area contributed by atoms with Crippen molar-refractivity contribution < 1.29 is 9.15 Å². The first-order valence-electron chi connectivity index (χ1n) is 8.28. The molecule has 2 heterocycles. The zero-order chi connectivity index (χ0) is 16.4. The molecular weight excluding hydrogens is 290 g/mol. The van der Waals surface area contributed by atoms with Gasteiger partial charge in [0.15, 0.2) is 0 Å². The minimum absolute atomic E-state index is 0.152. The van der Waals surface area contributed by atoms with Crippen molar-refractivity contribution in [1.29, 1.82) is 0 Å². The Labute approximate surface area is 137 Å². The molecule has 1 aromatic heterocycles. The molecular formula is C18H25N3O2. The third-order valence-electron chi connectivity index (χ3n) is 4.58.